The van der Waals surface area contributed by atoms with E-state index in [0.717, 1.165) is 11.1 Å². The Labute approximate surface area is 161 Å². The van der Waals surface area contributed by atoms with Gasteiger partial charge in [-0.1, -0.05) is 12.1 Å². The predicted molar refractivity (Wildman–Crippen MR) is 104 cm³/mol. The molecule has 1 aromatic heterocycles. The van der Waals surface area contributed by atoms with Gasteiger partial charge in [0.1, 0.15) is 17.3 Å². The Morgan fingerprint density at radius 1 is 1.11 bits per heavy atom. The lowest BCUT2D eigenvalue weighted by atomic mass is 10.0. The third kappa shape index (κ3) is 4.27. The van der Waals surface area contributed by atoms with Gasteiger partial charge in [-0.3, -0.25) is 4.79 Å². The Bertz CT molecular complexity index is 1050. The Balaban J connectivity index is 1.69. The number of aromatic carboxylic acids is 1. The molecule has 3 aromatic rings. The van der Waals surface area contributed by atoms with Crippen molar-refractivity contribution >= 4 is 18.1 Å². The molecule has 142 valence electrons. The normalized spacial score (nSPS) is 10.8. The average molecular weight is 378 g/mol. The number of hydrazone groups is 1. The number of benzene rings is 2. The Morgan fingerprint density at radius 3 is 2.64 bits per heavy atom. The maximum absolute atomic E-state index is 12.1. The van der Waals surface area contributed by atoms with E-state index in [1.54, 1.807) is 48.5 Å². The lowest BCUT2D eigenvalue weighted by molar-refractivity contribution is 0.0696. The molecule has 7 nitrogen and oxygen atoms in total. The molecule has 2 aromatic carbocycles. The molecule has 0 fully saturated rings. The van der Waals surface area contributed by atoms with Crippen molar-refractivity contribution < 1.29 is 23.8 Å². The Morgan fingerprint density at radius 2 is 1.93 bits per heavy atom. The highest BCUT2D eigenvalue weighted by molar-refractivity contribution is 5.95. The summed E-state index contributed by atoms with van der Waals surface area (Å²) in [5.74, 6) is 0.255. The van der Waals surface area contributed by atoms with Crippen molar-refractivity contribution in [3.8, 4) is 17.1 Å². The number of nitrogens with zero attached hydrogens (tertiary/aromatic N) is 1. The molecule has 2 N–H and O–H groups in total. The highest BCUT2D eigenvalue weighted by atomic mass is 16.5. The van der Waals surface area contributed by atoms with E-state index in [4.69, 9.17) is 14.3 Å². The smallest absolute Gasteiger partial charge is 0.335 e. The topological polar surface area (TPSA) is 101 Å². The van der Waals surface area contributed by atoms with Crippen LogP contribution in [0, 0.1) is 6.92 Å². The van der Waals surface area contributed by atoms with Crippen LogP contribution in [0.2, 0.25) is 0 Å². The van der Waals surface area contributed by atoms with Gasteiger partial charge in [-0.25, -0.2) is 10.2 Å². The molecular formula is C21H18N2O5. The minimum atomic E-state index is -0.978. The van der Waals surface area contributed by atoms with Gasteiger partial charge in [0.05, 0.1) is 18.9 Å². The maximum Gasteiger partial charge on any atom is 0.335 e. The van der Waals surface area contributed by atoms with E-state index in [1.165, 1.54) is 19.4 Å². The first kappa shape index (κ1) is 18.9. The van der Waals surface area contributed by atoms with Crippen LogP contribution in [0.1, 0.15) is 32.0 Å². The van der Waals surface area contributed by atoms with Gasteiger partial charge in [0.15, 0.2) is 0 Å². The minimum Gasteiger partial charge on any atom is -0.497 e. The predicted octanol–water partition coefficient (Wildman–Crippen LogP) is 3.73. The third-order valence-electron chi connectivity index (χ3n) is 4.06. The summed E-state index contributed by atoms with van der Waals surface area (Å²) in [6.45, 7) is 1.81. The maximum atomic E-state index is 12.1. The zero-order chi connectivity index (χ0) is 20.1. The summed E-state index contributed by atoms with van der Waals surface area (Å²) < 4.78 is 10.8. The largest absolute Gasteiger partial charge is 0.497 e. The van der Waals surface area contributed by atoms with Gasteiger partial charge >= 0.3 is 5.97 Å². The molecule has 0 aliphatic carbocycles. The first-order chi connectivity index (χ1) is 13.5. The molecule has 0 saturated heterocycles. The highest BCUT2D eigenvalue weighted by Gasteiger charge is 2.10. The summed E-state index contributed by atoms with van der Waals surface area (Å²) in [6, 6.07) is 15.0. The van der Waals surface area contributed by atoms with Crippen molar-refractivity contribution in [2.24, 2.45) is 5.10 Å². The van der Waals surface area contributed by atoms with Gasteiger partial charge in [0.25, 0.3) is 5.91 Å². The summed E-state index contributed by atoms with van der Waals surface area (Å²) in [7, 11) is 1.53. The molecule has 0 bridgehead atoms. The van der Waals surface area contributed by atoms with Gasteiger partial charge in [-0.2, -0.15) is 5.10 Å². The highest BCUT2D eigenvalue weighted by Crippen LogP contribution is 2.26. The SMILES string of the molecule is COc1cccc(C(=O)N/N=C\c2ccc(-c3ccc(C(=O)O)cc3C)o2)c1. The van der Waals surface area contributed by atoms with Crippen LogP contribution in [0.3, 0.4) is 0 Å². The van der Waals surface area contributed by atoms with E-state index < -0.39 is 5.97 Å². The number of rotatable bonds is 6. The molecular weight excluding hydrogens is 360 g/mol. The summed E-state index contributed by atoms with van der Waals surface area (Å²) >= 11 is 0. The number of amides is 1. The van der Waals surface area contributed by atoms with Crippen LogP contribution in [0.5, 0.6) is 5.75 Å². The number of hydrogen-bond acceptors (Lipinski definition) is 5. The standard InChI is InChI=1S/C21H18N2O5/c1-13-10-15(21(25)26)6-8-18(13)19-9-7-17(28-19)12-22-23-20(24)14-4-3-5-16(11-14)27-2/h3-12H,1-2H3,(H,23,24)(H,25,26)/b22-12-. The van der Waals surface area contributed by atoms with Crippen LogP contribution in [0.4, 0.5) is 0 Å². The minimum absolute atomic E-state index is 0.217. The first-order valence-corrected chi connectivity index (χ1v) is 8.39. The fourth-order valence-electron chi connectivity index (χ4n) is 2.62. The molecule has 1 heterocycles. The third-order valence-corrected chi connectivity index (χ3v) is 4.06. The molecule has 0 aliphatic heterocycles. The second kappa shape index (κ2) is 8.22. The fourth-order valence-corrected chi connectivity index (χ4v) is 2.62. The molecule has 28 heavy (non-hydrogen) atoms. The van der Waals surface area contributed by atoms with Gasteiger partial charge in [-0.05, 0) is 55.0 Å². The van der Waals surface area contributed by atoms with Gasteiger partial charge in [-0.15, -0.1) is 0 Å². The molecule has 0 aliphatic rings. The number of hydrogen-bond donors (Lipinski definition) is 2. The molecule has 0 unspecified atom stereocenters. The van der Waals surface area contributed by atoms with Gasteiger partial charge in [0.2, 0.25) is 0 Å². The summed E-state index contributed by atoms with van der Waals surface area (Å²) in [4.78, 5) is 23.1. The van der Waals surface area contributed by atoms with Crippen molar-refractivity contribution in [2.45, 2.75) is 6.92 Å². The van der Waals surface area contributed by atoms with E-state index in [2.05, 4.69) is 10.5 Å². The average Bonchev–Trinajstić information content (AvgIpc) is 3.16. The van der Waals surface area contributed by atoms with Crippen LogP contribution in [-0.2, 0) is 0 Å². The van der Waals surface area contributed by atoms with Crippen molar-refractivity contribution in [3.05, 3.63) is 77.0 Å². The van der Waals surface area contributed by atoms with Crippen molar-refractivity contribution in [3.63, 3.8) is 0 Å². The van der Waals surface area contributed by atoms with E-state index >= 15 is 0 Å². The summed E-state index contributed by atoms with van der Waals surface area (Å²) in [6.07, 6.45) is 1.39. The van der Waals surface area contributed by atoms with E-state index in [-0.39, 0.29) is 11.5 Å². The molecule has 7 heteroatoms. The molecule has 0 spiro atoms. The number of methoxy groups -OCH3 is 1. The number of furan rings is 1. The van der Waals surface area contributed by atoms with Gasteiger partial charge in [0, 0.05) is 11.1 Å². The Hall–Kier alpha value is -3.87. The number of carbonyl (C=O) groups is 2. The van der Waals surface area contributed by atoms with E-state index in [9.17, 15) is 9.59 Å². The fraction of sp³-hybridized carbons (Fsp3) is 0.0952. The van der Waals surface area contributed by atoms with Crippen molar-refractivity contribution in [2.75, 3.05) is 7.11 Å². The van der Waals surface area contributed by atoms with Crippen LogP contribution in [-0.4, -0.2) is 30.3 Å². The molecule has 3 rings (SSSR count). The number of carboxylic acid groups (broad SMARTS) is 1. The van der Waals surface area contributed by atoms with Crippen LogP contribution in [0.25, 0.3) is 11.3 Å². The lowest BCUT2D eigenvalue weighted by Crippen LogP contribution is -2.17. The van der Waals surface area contributed by atoms with Gasteiger partial charge < -0.3 is 14.3 Å². The zero-order valence-corrected chi connectivity index (χ0v) is 15.3. The van der Waals surface area contributed by atoms with E-state index in [1.807, 2.05) is 6.92 Å². The second-order valence-electron chi connectivity index (χ2n) is 5.97. The lowest BCUT2D eigenvalue weighted by Gasteiger charge is -2.04. The summed E-state index contributed by atoms with van der Waals surface area (Å²) in [5.41, 5.74) is 4.63. The number of nitrogens with one attached hydrogen (secondary N) is 1. The van der Waals surface area contributed by atoms with E-state index in [0.29, 0.717) is 22.8 Å². The summed E-state index contributed by atoms with van der Waals surface area (Å²) in [5, 5.41) is 12.9. The zero-order valence-electron chi connectivity index (χ0n) is 15.3. The van der Waals surface area contributed by atoms with Crippen molar-refractivity contribution in [1.29, 1.82) is 0 Å². The number of carboxylic acids is 1. The second-order valence-corrected chi connectivity index (χ2v) is 5.97. The molecule has 0 radical (unpaired) electrons. The quantitative estimate of drug-likeness (QED) is 0.503. The molecule has 0 atom stereocenters. The number of aryl methyl sites for hydroxylation is 1. The van der Waals surface area contributed by atoms with Crippen molar-refractivity contribution in [1.82, 2.24) is 5.43 Å². The number of carbonyl (C=O) groups excluding carboxylic acids is 1. The van der Waals surface area contributed by atoms with Crippen LogP contribution >= 0.6 is 0 Å². The molecule has 0 saturated carbocycles. The monoisotopic (exact) mass is 378 g/mol. The van der Waals surface area contributed by atoms with Crippen LogP contribution < -0.4 is 10.2 Å². The Kier molecular flexibility index (Phi) is 5.55. The first-order valence-electron chi connectivity index (χ1n) is 8.39. The number of ether oxygens (including phenoxy) is 1. The van der Waals surface area contributed by atoms with Crippen LogP contribution in [0.15, 0.2) is 64.1 Å². The molecule has 1 amide bonds.